The minimum absolute atomic E-state index is 0. The van der Waals surface area contributed by atoms with Gasteiger partial charge in [-0.3, -0.25) is 0 Å². The predicted molar refractivity (Wildman–Crippen MR) is 135 cm³/mol. The molecular formula is C23H30IN5O. The quantitative estimate of drug-likeness (QED) is 0.261. The molecule has 2 aromatic carbocycles. The van der Waals surface area contributed by atoms with Crippen molar-refractivity contribution in [2.45, 2.75) is 25.9 Å². The van der Waals surface area contributed by atoms with Crippen molar-refractivity contribution < 1.29 is 4.74 Å². The maximum atomic E-state index is 5.52. The number of para-hydroxylation sites is 3. The van der Waals surface area contributed by atoms with Crippen LogP contribution in [0.4, 0.5) is 5.69 Å². The van der Waals surface area contributed by atoms with E-state index in [0.717, 1.165) is 54.7 Å². The molecule has 30 heavy (non-hydrogen) atoms. The van der Waals surface area contributed by atoms with Crippen LogP contribution >= 0.6 is 24.0 Å². The fourth-order valence-electron chi connectivity index (χ4n) is 3.88. The highest BCUT2D eigenvalue weighted by Gasteiger charge is 2.25. The van der Waals surface area contributed by atoms with Crippen molar-refractivity contribution in [1.29, 1.82) is 0 Å². The van der Waals surface area contributed by atoms with E-state index in [1.807, 2.05) is 18.2 Å². The van der Waals surface area contributed by atoms with Gasteiger partial charge in [-0.15, -0.1) is 24.0 Å². The highest BCUT2D eigenvalue weighted by atomic mass is 127. The Morgan fingerprint density at radius 1 is 1.20 bits per heavy atom. The first kappa shape index (κ1) is 22.3. The fraction of sp³-hybridized carbons (Fsp3) is 0.348. The van der Waals surface area contributed by atoms with Gasteiger partial charge in [0.1, 0.15) is 5.75 Å². The smallest absolute Gasteiger partial charge is 0.191 e. The molecule has 2 heterocycles. The van der Waals surface area contributed by atoms with Crippen LogP contribution < -0.4 is 20.3 Å². The maximum absolute atomic E-state index is 5.52. The van der Waals surface area contributed by atoms with Crippen molar-refractivity contribution in [2.24, 2.45) is 4.99 Å². The number of benzene rings is 2. The lowest BCUT2D eigenvalue weighted by atomic mass is 10.2. The molecular weight excluding hydrogens is 489 g/mol. The van der Waals surface area contributed by atoms with Gasteiger partial charge in [0, 0.05) is 36.9 Å². The van der Waals surface area contributed by atoms with E-state index in [0.29, 0.717) is 12.6 Å². The molecule has 4 rings (SSSR count). The third-order valence-corrected chi connectivity index (χ3v) is 5.29. The number of rotatable bonds is 6. The van der Waals surface area contributed by atoms with Crippen LogP contribution in [0.5, 0.6) is 5.75 Å². The van der Waals surface area contributed by atoms with Crippen molar-refractivity contribution >= 4 is 46.5 Å². The lowest BCUT2D eigenvalue weighted by Crippen LogP contribution is -2.44. The van der Waals surface area contributed by atoms with Crippen molar-refractivity contribution in [1.82, 2.24) is 15.6 Å². The second kappa shape index (κ2) is 10.6. The standard InChI is InChI=1S/C23H29N5O.HI/c1-3-24-23(25-15-19-14-17-8-4-5-9-20(17)26-19)27-18-12-13-28(16-18)21-10-6-7-11-22(21)29-2;/h4-11,14,18,26H,3,12-13,15-16H2,1-2H3,(H2,24,25,27);1H. The average Bonchev–Trinajstić information content (AvgIpc) is 3.38. The molecule has 1 atom stereocenters. The first-order chi connectivity index (χ1) is 14.3. The van der Waals surface area contributed by atoms with Gasteiger partial charge in [0.05, 0.1) is 19.3 Å². The van der Waals surface area contributed by atoms with Gasteiger partial charge in [-0.05, 0) is 43.0 Å². The van der Waals surface area contributed by atoms with Gasteiger partial charge in [0.15, 0.2) is 5.96 Å². The Kier molecular flexibility index (Phi) is 7.84. The zero-order valence-corrected chi connectivity index (χ0v) is 19.9. The van der Waals surface area contributed by atoms with E-state index in [1.54, 1.807) is 7.11 Å². The molecule has 0 radical (unpaired) electrons. The second-order valence-electron chi connectivity index (χ2n) is 7.32. The van der Waals surface area contributed by atoms with Crippen LogP contribution in [0.25, 0.3) is 10.9 Å². The lowest BCUT2D eigenvalue weighted by Gasteiger charge is -2.22. The summed E-state index contributed by atoms with van der Waals surface area (Å²) in [6.07, 6.45) is 1.06. The van der Waals surface area contributed by atoms with Gasteiger partial charge in [-0.2, -0.15) is 0 Å². The Hall–Kier alpha value is -2.42. The van der Waals surface area contributed by atoms with Crippen LogP contribution in [0.3, 0.4) is 0 Å². The number of methoxy groups -OCH3 is 1. The molecule has 3 N–H and O–H groups in total. The summed E-state index contributed by atoms with van der Waals surface area (Å²) in [5, 5.41) is 8.19. The predicted octanol–water partition coefficient (Wildman–Crippen LogP) is 4.13. The molecule has 0 aliphatic carbocycles. The molecule has 1 unspecified atom stereocenters. The Bertz CT molecular complexity index is 953. The van der Waals surface area contributed by atoms with Gasteiger partial charge in [-0.25, -0.2) is 4.99 Å². The maximum Gasteiger partial charge on any atom is 0.191 e. The number of aliphatic imine (C=N–C) groups is 1. The molecule has 7 heteroatoms. The van der Waals surface area contributed by atoms with Crippen LogP contribution in [0.2, 0.25) is 0 Å². The molecule has 1 aromatic heterocycles. The highest BCUT2D eigenvalue weighted by Crippen LogP contribution is 2.30. The zero-order valence-electron chi connectivity index (χ0n) is 17.5. The van der Waals surface area contributed by atoms with Crippen LogP contribution in [0, 0.1) is 0 Å². The SMILES string of the molecule is CCNC(=NCc1cc2ccccc2[nH]1)NC1CCN(c2ccccc2OC)C1.I. The van der Waals surface area contributed by atoms with E-state index in [1.165, 1.54) is 5.39 Å². The zero-order chi connectivity index (χ0) is 20.1. The molecule has 160 valence electrons. The molecule has 6 nitrogen and oxygen atoms in total. The van der Waals surface area contributed by atoms with Crippen molar-refractivity contribution in [3.63, 3.8) is 0 Å². The molecule has 0 saturated carbocycles. The number of hydrogen-bond acceptors (Lipinski definition) is 3. The van der Waals surface area contributed by atoms with Crippen LogP contribution in [0.1, 0.15) is 19.0 Å². The molecule has 1 aliphatic rings. The van der Waals surface area contributed by atoms with Gasteiger partial charge < -0.3 is 25.3 Å². The molecule has 1 fully saturated rings. The van der Waals surface area contributed by atoms with Crippen LogP contribution in [-0.4, -0.2) is 43.7 Å². The van der Waals surface area contributed by atoms with E-state index in [2.05, 4.69) is 63.8 Å². The molecule has 1 aliphatic heterocycles. The summed E-state index contributed by atoms with van der Waals surface area (Å²) in [7, 11) is 1.73. The summed E-state index contributed by atoms with van der Waals surface area (Å²) in [5.41, 5.74) is 3.42. The number of nitrogens with zero attached hydrogens (tertiary/aromatic N) is 2. The number of aromatic amines is 1. The van der Waals surface area contributed by atoms with Gasteiger partial charge in [-0.1, -0.05) is 30.3 Å². The van der Waals surface area contributed by atoms with E-state index in [-0.39, 0.29) is 24.0 Å². The molecule has 0 bridgehead atoms. The third-order valence-electron chi connectivity index (χ3n) is 5.29. The first-order valence-corrected chi connectivity index (χ1v) is 10.3. The number of ether oxygens (including phenoxy) is 1. The Balaban J connectivity index is 0.00000256. The number of nitrogens with one attached hydrogen (secondary N) is 3. The van der Waals surface area contributed by atoms with Crippen molar-refractivity contribution in [3.05, 3.63) is 60.3 Å². The second-order valence-corrected chi connectivity index (χ2v) is 7.32. The lowest BCUT2D eigenvalue weighted by molar-refractivity contribution is 0.415. The van der Waals surface area contributed by atoms with Gasteiger partial charge in [0.2, 0.25) is 0 Å². The van der Waals surface area contributed by atoms with Crippen LogP contribution in [0.15, 0.2) is 59.6 Å². The third kappa shape index (κ3) is 5.19. The number of H-pyrrole nitrogens is 1. The van der Waals surface area contributed by atoms with Crippen molar-refractivity contribution in [3.8, 4) is 5.75 Å². The first-order valence-electron chi connectivity index (χ1n) is 10.3. The monoisotopic (exact) mass is 519 g/mol. The summed E-state index contributed by atoms with van der Waals surface area (Å²) >= 11 is 0. The number of guanidine groups is 1. The number of hydrogen-bond donors (Lipinski definition) is 3. The normalized spacial score (nSPS) is 16.4. The highest BCUT2D eigenvalue weighted by molar-refractivity contribution is 14.0. The Morgan fingerprint density at radius 2 is 2.00 bits per heavy atom. The van der Waals surface area contributed by atoms with E-state index in [9.17, 15) is 0 Å². The number of anilines is 1. The Labute approximate surface area is 195 Å². The summed E-state index contributed by atoms with van der Waals surface area (Å²) in [5.74, 6) is 1.78. The minimum Gasteiger partial charge on any atom is -0.495 e. The molecule has 3 aromatic rings. The van der Waals surface area contributed by atoms with E-state index in [4.69, 9.17) is 9.73 Å². The number of aromatic nitrogens is 1. The van der Waals surface area contributed by atoms with E-state index < -0.39 is 0 Å². The van der Waals surface area contributed by atoms with Crippen molar-refractivity contribution in [2.75, 3.05) is 31.6 Å². The van der Waals surface area contributed by atoms with Crippen LogP contribution in [-0.2, 0) is 6.54 Å². The minimum atomic E-state index is 0. The summed E-state index contributed by atoms with van der Waals surface area (Å²) < 4.78 is 5.52. The average molecular weight is 519 g/mol. The fourth-order valence-corrected chi connectivity index (χ4v) is 3.88. The van der Waals surface area contributed by atoms with Gasteiger partial charge in [0.25, 0.3) is 0 Å². The topological polar surface area (TPSA) is 64.7 Å². The summed E-state index contributed by atoms with van der Waals surface area (Å²) in [4.78, 5) is 10.6. The number of halogens is 1. The van der Waals surface area contributed by atoms with E-state index >= 15 is 0 Å². The number of fused-ring (bicyclic) bond motifs is 1. The molecule has 0 spiro atoms. The summed E-state index contributed by atoms with van der Waals surface area (Å²) in [6, 6.07) is 19.0. The van der Waals surface area contributed by atoms with Gasteiger partial charge >= 0.3 is 0 Å². The molecule has 0 amide bonds. The molecule has 1 saturated heterocycles. The summed E-state index contributed by atoms with van der Waals surface area (Å²) in [6.45, 7) is 5.47. The Morgan fingerprint density at radius 3 is 2.80 bits per heavy atom. The largest absolute Gasteiger partial charge is 0.495 e.